The minimum atomic E-state index is 0.0483. The van der Waals surface area contributed by atoms with Crippen LogP contribution >= 0.6 is 11.3 Å². The molecule has 140 valence electrons. The standard InChI is InChI=1S/C21H24N4OS/c1-24-20(23-15-8-3-2-7-14(15)21(24)26)17-10-6-12-25(17)13-19-22-16-9-4-5-11-18(16)27-19/h2-3,7-8,17H,4-6,9-13H2,1H3. The molecule has 3 aromatic rings. The summed E-state index contributed by atoms with van der Waals surface area (Å²) >= 11 is 1.89. The van der Waals surface area contributed by atoms with Crippen LogP contribution in [0.5, 0.6) is 0 Å². The molecule has 5 nitrogen and oxygen atoms in total. The Morgan fingerprint density at radius 3 is 2.89 bits per heavy atom. The van der Waals surface area contributed by atoms with E-state index < -0.39 is 0 Å². The molecule has 0 radical (unpaired) electrons. The second kappa shape index (κ2) is 6.84. The smallest absolute Gasteiger partial charge is 0.261 e. The fourth-order valence-electron chi connectivity index (χ4n) is 4.49. The number of likely N-dealkylation sites (tertiary alicyclic amines) is 1. The van der Waals surface area contributed by atoms with Crippen LogP contribution in [0.3, 0.4) is 0 Å². The maximum Gasteiger partial charge on any atom is 0.261 e. The SMILES string of the molecule is Cn1c(C2CCCN2Cc2nc3c(s2)CCCC3)nc2ccccc2c1=O. The van der Waals surface area contributed by atoms with Gasteiger partial charge in [-0.2, -0.15) is 0 Å². The first-order chi connectivity index (χ1) is 13.2. The van der Waals surface area contributed by atoms with Gasteiger partial charge in [-0.3, -0.25) is 14.3 Å². The second-order valence-corrected chi connectivity index (χ2v) is 8.83. The summed E-state index contributed by atoms with van der Waals surface area (Å²) in [6.45, 7) is 1.91. The Morgan fingerprint density at radius 2 is 2.00 bits per heavy atom. The Bertz CT molecular complexity index is 1030. The number of thiazole rings is 1. The van der Waals surface area contributed by atoms with Gasteiger partial charge in [-0.15, -0.1) is 11.3 Å². The summed E-state index contributed by atoms with van der Waals surface area (Å²) in [6, 6.07) is 7.84. The zero-order valence-electron chi connectivity index (χ0n) is 15.6. The highest BCUT2D eigenvalue weighted by Crippen LogP contribution is 2.34. The molecule has 1 atom stereocenters. The predicted molar refractivity (Wildman–Crippen MR) is 108 cm³/mol. The second-order valence-electron chi connectivity index (χ2n) is 7.66. The van der Waals surface area contributed by atoms with E-state index in [1.54, 1.807) is 4.57 Å². The lowest BCUT2D eigenvalue weighted by molar-refractivity contribution is 0.234. The Balaban J connectivity index is 1.48. The molecule has 27 heavy (non-hydrogen) atoms. The number of fused-ring (bicyclic) bond motifs is 2. The molecule has 0 saturated carbocycles. The topological polar surface area (TPSA) is 51.0 Å². The largest absolute Gasteiger partial charge is 0.298 e. The Morgan fingerprint density at radius 1 is 1.15 bits per heavy atom. The van der Waals surface area contributed by atoms with Crippen LogP contribution in [0.1, 0.15) is 53.1 Å². The third-order valence-corrected chi connectivity index (χ3v) is 7.05. The van der Waals surface area contributed by atoms with Gasteiger partial charge in [-0.1, -0.05) is 12.1 Å². The summed E-state index contributed by atoms with van der Waals surface area (Å²) in [6.07, 6.45) is 7.07. The number of nitrogens with zero attached hydrogens (tertiary/aromatic N) is 4. The summed E-state index contributed by atoms with van der Waals surface area (Å²) in [4.78, 5) is 26.5. The van der Waals surface area contributed by atoms with Crippen LogP contribution < -0.4 is 5.56 Å². The molecule has 1 aliphatic carbocycles. The first kappa shape index (κ1) is 17.1. The Kier molecular flexibility index (Phi) is 4.32. The van der Waals surface area contributed by atoms with Crippen molar-refractivity contribution in [1.82, 2.24) is 19.4 Å². The van der Waals surface area contributed by atoms with Crippen molar-refractivity contribution in [2.75, 3.05) is 6.54 Å². The van der Waals surface area contributed by atoms with Gasteiger partial charge in [0.2, 0.25) is 0 Å². The third-order valence-electron chi connectivity index (χ3n) is 5.91. The molecule has 3 heterocycles. The van der Waals surface area contributed by atoms with Gasteiger partial charge in [0.25, 0.3) is 5.56 Å². The zero-order valence-corrected chi connectivity index (χ0v) is 16.5. The summed E-state index contributed by atoms with van der Waals surface area (Å²) < 4.78 is 1.75. The highest BCUT2D eigenvalue weighted by molar-refractivity contribution is 7.11. The summed E-state index contributed by atoms with van der Waals surface area (Å²) in [5.41, 5.74) is 2.17. The van der Waals surface area contributed by atoms with Crippen molar-refractivity contribution in [3.8, 4) is 0 Å². The number of hydrogen-bond acceptors (Lipinski definition) is 5. The van der Waals surface area contributed by atoms with E-state index in [0.717, 1.165) is 43.7 Å². The van der Waals surface area contributed by atoms with Crippen molar-refractivity contribution in [3.63, 3.8) is 0 Å². The van der Waals surface area contributed by atoms with Crippen molar-refractivity contribution in [3.05, 3.63) is 56.0 Å². The molecule has 0 amide bonds. The molecule has 1 aromatic carbocycles. The number of benzene rings is 1. The summed E-state index contributed by atoms with van der Waals surface area (Å²) in [5, 5.41) is 1.92. The number of rotatable bonds is 3. The van der Waals surface area contributed by atoms with E-state index in [4.69, 9.17) is 9.97 Å². The average Bonchev–Trinajstić information content (AvgIpc) is 3.31. The van der Waals surface area contributed by atoms with Crippen LogP contribution in [0.15, 0.2) is 29.1 Å². The Hall–Kier alpha value is -2.05. The number of aromatic nitrogens is 3. The lowest BCUT2D eigenvalue weighted by atomic mass is 10.0. The van der Waals surface area contributed by atoms with E-state index in [2.05, 4.69) is 4.90 Å². The first-order valence-electron chi connectivity index (χ1n) is 9.88. The van der Waals surface area contributed by atoms with Crippen molar-refractivity contribution >= 4 is 22.2 Å². The molecule has 0 spiro atoms. The molecule has 6 heteroatoms. The normalized spacial score (nSPS) is 20.3. The van der Waals surface area contributed by atoms with E-state index in [9.17, 15) is 4.79 Å². The van der Waals surface area contributed by atoms with Gasteiger partial charge in [0.15, 0.2) is 0 Å². The van der Waals surface area contributed by atoms with Gasteiger partial charge >= 0.3 is 0 Å². The van der Waals surface area contributed by atoms with Crippen LogP contribution in [0.25, 0.3) is 10.9 Å². The fraction of sp³-hybridized carbons (Fsp3) is 0.476. The number of aryl methyl sites for hydroxylation is 2. The lowest BCUT2D eigenvalue weighted by Crippen LogP contribution is -2.30. The van der Waals surface area contributed by atoms with Crippen molar-refractivity contribution in [2.45, 2.75) is 51.1 Å². The van der Waals surface area contributed by atoms with Crippen molar-refractivity contribution in [2.24, 2.45) is 7.05 Å². The molecule has 0 bridgehead atoms. The molecule has 1 unspecified atom stereocenters. The molecular formula is C21H24N4OS. The maximum atomic E-state index is 12.8. The van der Waals surface area contributed by atoms with E-state index in [0.29, 0.717) is 5.39 Å². The minimum Gasteiger partial charge on any atom is -0.298 e. The lowest BCUT2D eigenvalue weighted by Gasteiger charge is -2.24. The van der Waals surface area contributed by atoms with E-state index in [1.165, 1.54) is 34.8 Å². The molecular weight excluding hydrogens is 356 g/mol. The molecule has 2 aromatic heterocycles. The van der Waals surface area contributed by atoms with E-state index in [1.807, 2.05) is 42.6 Å². The van der Waals surface area contributed by atoms with E-state index in [-0.39, 0.29) is 11.6 Å². The quantitative estimate of drug-likeness (QED) is 0.697. The van der Waals surface area contributed by atoms with Crippen LogP contribution in [-0.4, -0.2) is 26.0 Å². The minimum absolute atomic E-state index is 0.0483. The van der Waals surface area contributed by atoms with Gasteiger partial charge in [0.05, 0.1) is 29.2 Å². The monoisotopic (exact) mass is 380 g/mol. The number of hydrogen-bond donors (Lipinski definition) is 0. The Labute approximate surface area is 162 Å². The van der Waals surface area contributed by atoms with Gasteiger partial charge in [-0.25, -0.2) is 9.97 Å². The van der Waals surface area contributed by atoms with Crippen LogP contribution in [0.4, 0.5) is 0 Å². The molecule has 1 saturated heterocycles. The van der Waals surface area contributed by atoms with Crippen molar-refractivity contribution in [1.29, 1.82) is 0 Å². The van der Waals surface area contributed by atoms with Crippen molar-refractivity contribution < 1.29 is 0 Å². The van der Waals surface area contributed by atoms with Gasteiger partial charge in [0.1, 0.15) is 10.8 Å². The van der Waals surface area contributed by atoms with E-state index >= 15 is 0 Å². The highest BCUT2D eigenvalue weighted by Gasteiger charge is 2.30. The zero-order chi connectivity index (χ0) is 18.4. The molecule has 0 N–H and O–H groups in total. The fourth-order valence-corrected chi connectivity index (χ4v) is 5.67. The van der Waals surface area contributed by atoms with Crippen LogP contribution in [0.2, 0.25) is 0 Å². The maximum absolute atomic E-state index is 12.8. The van der Waals surface area contributed by atoms with Gasteiger partial charge in [-0.05, 0) is 57.2 Å². The van der Waals surface area contributed by atoms with Crippen LogP contribution in [-0.2, 0) is 26.4 Å². The molecule has 1 aliphatic heterocycles. The first-order valence-corrected chi connectivity index (χ1v) is 10.7. The average molecular weight is 381 g/mol. The van der Waals surface area contributed by atoms with Gasteiger partial charge < -0.3 is 0 Å². The van der Waals surface area contributed by atoms with Gasteiger partial charge in [0, 0.05) is 11.9 Å². The molecule has 1 fully saturated rings. The molecule has 5 rings (SSSR count). The third kappa shape index (κ3) is 3.01. The summed E-state index contributed by atoms with van der Waals surface area (Å²) in [7, 11) is 1.86. The summed E-state index contributed by atoms with van der Waals surface area (Å²) in [5.74, 6) is 0.887. The molecule has 2 aliphatic rings. The highest BCUT2D eigenvalue weighted by atomic mass is 32.1. The number of para-hydroxylation sites is 1. The predicted octanol–water partition coefficient (Wildman–Crippen LogP) is 3.61. The van der Waals surface area contributed by atoms with Crippen LogP contribution in [0, 0.1) is 0 Å².